The van der Waals surface area contributed by atoms with Gasteiger partial charge in [0.05, 0.1) is 31.0 Å². The van der Waals surface area contributed by atoms with Crippen molar-refractivity contribution in [3.05, 3.63) is 106 Å². The molecule has 0 aliphatic carbocycles. The van der Waals surface area contributed by atoms with E-state index in [9.17, 15) is 18.9 Å². The van der Waals surface area contributed by atoms with Crippen LogP contribution in [0.2, 0.25) is 5.02 Å². The van der Waals surface area contributed by atoms with Crippen LogP contribution in [-0.4, -0.2) is 91.4 Å². The topological polar surface area (TPSA) is 143 Å². The third-order valence-electron chi connectivity index (χ3n) is 11.8. The number of methoxy groups -OCH3 is 1. The molecule has 4 aromatic rings. The first kappa shape index (κ1) is 43.3. The molecule has 3 amide bonds. The minimum atomic E-state index is -2.46. The first-order valence-corrected chi connectivity index (χ1v) is 24.1. The summed E-state index contributed by atoms with van der Waals surface area (Å²) in [7, 11) is -0.764. The van der Waals surface area contributed by atoms with Gasteiger partial charge in [-0.1, -0.05) is 67.3 Å². The van der Waals surface area contributed by atoms with Crippen LogP contribution in [0.25, 0.3) is 0 Å². The van der Waals surface area contributed by atoms with Gasteiger partial charge in [-0.2, -0.15) is 0 Å². The van der Waals surface area contributed by atoms with Gasteiger partial charge in [0.15, 0.2) is 0 Å². The number of carbonyl (C=O) groups excluding carboxylic acids is 3. The van der Waals surface area contributed by atoms with E-state index in [1.165, 1.54) is 0 Å². The molecular formula is C46H56ClN6O6P. The summed E-state index contributed by atoms with van der Waals surface area (Å²) in [5, 5.41) is 7.48. The van der Waals surface area contributed by atoms with Crippen LogP contribution in [0.4, 0.5) is 5.69 Å². The number of imide groups is 1. The average molecular weight is 855 g/mol. The summed E-state index contributed by atoms with van der Waals surface area (Å²) in [5.41, 5.74) is 5.22. The number of nitrogens with one attached hydrogen (secondary N) is 2. The molecule has 7 rings (SSSR count). The molecule has 12 nitrogen and oxygen atoms in total. The lowest BCUT2D eigenvalue weighted by Gasteiger charge is -2.34. The standard InChI is InChI=1S/C46H56ClN6O6P/c1-58-41-28-34(17-16-31(41)27-43-49-29-37(47)38(50-43)26-32-12-7-8-15-42(32)60(2,3)57)52-23-20-33(21-24-52)48-22-9-5-4-6-10-25-59-40-14-11-13-35-36(40)30-53(46(35)56)39-18-19-44(54)51-45(39)55/h7-8,11-17,28-29,33,39,48H,4-6,9-10,18-27,30H2,1-3H3,(H,51,54,55). The zero-order chi connectivity index (χ0) is 42.2. The molecule has 3 aliphatic rings. The van der Waals surface area contributed by atoms with Gasteiger partial charge in [-0.25, -0.2) is 9.97 Å². The van der Waals surface area contributed by atoms with Crippen LogP contribution in [0, 0.1) is 0 Å². The Balaban J connectivity index is 0.797. The lowest BCUT2D eigenvalue weighted by molar-refractivity contribution is -0.136. The number of benzene rings is 3. The predicted molar refractivity (Wildman–Crippen MR) is 235 cm³/mol. The van der Waals surface area contributed by atoms with Crippen molar-refractivity contribution in [1.29, 1.82) is 0 Å². The molecule has 14 heteroatoms. The van der Waals surface area contributed by atoms with E-state index in [0.29, 0.717) is 66.3 Å². The third kappa shape index (κ3) is 10.6. The third-order valence-corrected chi connectivity index (χ3v) is 13.7. The van der Waals surface area contributed by atoms with Gasteiger partial charge < -0.3 is 29.2 Å². The molecule has 3 aliphatic heterocycles. The zero-order valence-electron chi connectivity index (χ0n) is 34.9. The van der Waals surface area contributed by atoms with Crippen molar-refractivity contribution >= 4 is 47.5 Å². The minimum Gasteiger partial charge on any atom is -0.496 e. The first-order chi connectivity index (χ1) is 29.0. The van der Waals surface area contributed by atoms with E-state index in [1.807, 2.05) is 36.4 Å². The monoisotopic (exact) mass is 854 g/mol. The Morgan fingerprint density at radius 1 is 0.900 bits per heavy atom. The SMILES string of the molecule is COc1cc(N2CCC(NCCCCCCCOc3cccc4c3CN(C3CCC(=O)NC3=O)C4=O)CC2)ccc1Cc1ncc(Cl)c(Cc2ccccc2P(C)(C)=O)n1. The molecule has 0 saturated carbocycles. The molecule has 1 unspecified atom stereocenters. The molecule has 0 radical (unpaired) electrons. The highest BCUT2D eigenvalue weighted by atomic mass is 35.5. The average Bonchev–Trinajstić information content (AvgIpc) is 3.57. The van der Waals surface area contributed by atoms with Crippen molar-refractivity contribution in [3.63, 3.8) is 0 Å². The van der Waals surface area contributed by atoms with Crippen LogP contribution in [0.5, 0.6) is 11.5 Å². The summed E-state index contributed by atoms with van der Waals surface area (Å²) < 4.78 is 24.9. The van der Waals surface area contributed by atoms with E-state index < -0.39 is 19.1 Å². The Bertz CT molecular complexity index is 2240. The first-order valence-electron chi connectivity index (χ1n) is 21.2. The van der Waals surface area contributed by atoms with Crippen LogP contribution in [0.1, 0.15) is 96.4 Å². The quantitative estimate of drug-likeness (QED) is 0.0616. The second-order valence-corrected chi connectivity index (χ2v) is 20.0. The molecule has 60 heavy (non-hydrogen) atoms. The number of halogens is 1. The molecular weight excluding hydrogens is 799 g/mol. The summed E-state index contributed by atoms with van der Waals surface area (Å²) in [5.74, 6) is 1.28. The smallest absolute Gasteiger partial charge is 0.255 e. The maximum atomic E-state index is 13.1. The Hall–Kier alpha value is -4.77. The predicted octanol–water partition coefficient (Wildman–Crippen LogP) is 6.92. The molecule has 1 aromatic heterocycles. The van der Waals surface area contributed by atoms with Crippen LogP contribution in [0.3, 0.4) is 0 Å². The van der Waals surface area contributed by atoms with E-state index in [4.69, 9.17) is 26.1 Å². The maximum absolute atomic E-state index is 13.1. The Kier molecular flexibility index (Phi) is 14.3. The number of aromatic nitrogens is 2. The van der Waals surface area contributed by atoms with Crippen molar-refractivity contribution in [3.8, 4) is 11.5 Å². The summed E-state index contributed by atoms with van der Waals surface area (Å²) in [6.45, 7) is 7.42. The number of fused-ring (bicyclic) bond motifs is 1. The molecule has 318 valence electrons. The largest absolute Gasteiger partial charge is 0.496 e. The van der Waals surface area contributed by atoms with Gasteiger partial charge in [0.2, 0.25) is 11.8 Å². The Labute approximate surface area is 358 Å². The van der Waals surface area contributed by atoms with E-state index in [0.717, 1.165) is 98.0 Å². The van der Waals surface area contributed by atoms with Gasteiger partial charge in [-0.15, -0.1) is 0 Å². The van der Waals surface area contributed by atoms with E-state index in [2.05, 4.69) is 38.7 Å². The number of nitrogens with zero attached hydrogens (tertiary/aromatic N) is 4. The number of hydrogen-bond acceptors (Lipinski definition) is 10. The Morgan fingerprint density at radius 3 is 2.47 bits per heavy atom. The fourth-order valence-electron chi connectivity index (χ4n) is 8.55. The van der Waals surface area contributed by atoms with Crippen molar-refractivity contribution in [1.82, 2.24) is 25.5 Å². The molecule has 3 aromatic carbocycles. The van der Waals surface area contributed by atoms with Crippen molar-refractivity contribution in [2.45, 2.75) is 89.3 Å². The number of anilines is 1. The fourth-order valence-corrected chi connectivity index (χ4v) is 9.99. The number of rotatable bonds is 18. The summed E-state index contributed by atoms with van der Waals surface area (Å²) in [4.78, 5) is 50.4. The highest BCUT2D eigenvalue weighted by Gasteiger charge is 2.40. The number of piperidine rings is 2. The number of ether oxygens (including phenoxy) is 2. The van der Waals surface area contributed by atoms with Gasteiger partial charge >= 0.3 is 0 Å². The van der Waals surface area contributed by atoms with Gasteiger partial charge in [0, 0.05) is 78.3 Å². The molecule has 2 N–H and O–H groups in total. The number of unbranched alkanes of at least 4 members (excludes halogenated alkanes) is 4. The molecule has 1 atom stereocenters. The maximum Gasteiger partial charge on any atom is 0.255 e. The van der Waals surface area contributed by atoms with Crippen molar-refractivity contribution in [2.24, 2.45) is 0 Å². The van der Waals surface area contributed by atoms with E-state index in [-0.39, 0.29) is 18.2 Å². The summed E-state index contributed by atoms with van der Waals surface area (Å²) in [6, 6.07) is 19.5. The van der Waals surface area contributed by atoms with E-state index in [1.54, 1.807) is 37.6 Å². The molecule has 0 bridgehead atoms. The lowest BCUT2D eigenvalue weighted by atomic mass is 10.0. The molecule has 2 fully saturated rings. The number of carbonyl (C=O) groups is 3. The second-order valence-electron chi connectivity index (χ2n) is 16.4. The Morgan fingerprint density at radius 2 is 1.68 bits per heavy atom. The summed E-state index contributed by atoms with van der Waals surface area (Å²) >= 11 is 6.56. The lowest BCUT2D eigenvalue weighted by Crippen LogP contribution is -2.52. The van der Waals surface area contributed by atoms with Gasteiger partial charge in [-0.3, -0.25) is 19.7 Å². The van der Waals surface area contributed by atoms with Crippen LogP contribution < -0.4 is 30.3 Å². The molecule has 2 saturated heterocycles. The second kappa shape index (κ2) is 19.7. The van der Waals surface area contributed by atoms with Crippen LogP contribution in [0.15, 0.2) is 66.9 Å². The minimum absolute atomic E-state index is 0.185. The number of hydrogen-bond donors (Lipinski definition) is 2. The highest BCUT2D eigenvalue weighted by Crippen LogP contribution is 2.37. The van der Waals surface area contributed by atoms with Gasteiger partial charge in [-0.05, 0) is 75.7 Å². The van der Waals surface area contributed by atoms with E-state index >= 15 is 0 Å². The summed E-state index contributed by atoms with van der Waals surface area (Å²) in [6.07, 6.45) is 10.8. The number of amides is 3. The van der Waals surface area contributed by atoms with Crippen molar-refractivity contribution in [2.75, 3.05) is 51.6 Å². The highest BCUT2D eigenvalue weighted by molar-refractivity contribution is 7.70. The molecule has 0 spiro atoms. The fraction of sp³-hybridized carbons (Fsp3) is 0.457. The van der Waals surface area contributed by atoms with Crippen LogP contribution in [-0.2, 0) is 33.5 Å². The van der Waals surface area contributed by atoms with Crippen molar-refractivity contribution < 1.29 is 28.4 Å². The normalized spacial score (nSPS) is 17.2. The van der Waals surface area contributed by atoms with Crippen LogP contribution >= 0.6 is 18.7 Å². The molecule has 4 heterocycles. The van der Waals surface area contributed by atoms with Gasteiger partial charge in [0.1, 0.15) is 30.5 Å². The zero-order valence-corrected chi connectivity index (χ0v) is 36.5. The van der Waals surface area contributed by atoms with Gasteiger partial charge in [0.25, 0.3) is 5.91 Å².